The third kappa shape index (κ3) is 4.03. The van der Waals surface area contributed by atoms with Crippen molar-refractivity contribution in [3.8, 4) is 0 Å². The number of hydrogen-bond acceptors (Lipinski definition) is 3. The number of likely N-dealkylation sites (tertiary alicyclic amines) is 1. The van der Waals surface area contributed by atoms with E-state index >= 15 is 0 Å². The number of rotatable bonds is 5. The van der Waals surface area contributed by atoms with Crippen molar-refractivity contribution >= 4 is 0 Å². The van der Waals surface area contributed by atoms with Crippen molar-refractivity contribution in [2.24, 2.45) is 17.6 Å². The number of piperidine rings is 1. The summed E-state index contributed by atoms with van der Waals surface area (Å²) in [6.45, 7) is 5.72. The zero-order valence-corrected chi connectivity index (χ0v) is 11.8. The van der Waals surface area contributed by atoms with Gasteiger partial charge in [0.1, 0.15) is 0 Å². The average Bonchev–Trinajstić information content (AvgIpc) is 2.47. The van der Waals surface area contributed by atoms with Crippen LogP contribution in [0, 0.1) is 11.8 Å². The first-order valence-electron chi connectivity index (χ1n) is 7.34. The summed E-state index contributed by atoms with van der Waals surface area (Å²) in [6.07, 6.45) is 2.35. The van der Waals surface area contributed by atoms with Gasteiger partial charge < -0.3 is 15.7 Å². The molecule has 2 rings (SSSR count). The van der Waals surface area contributed by atoms with Crippen LogP contribution in [0.4, 0.5) is 0 Å². The summed E-state index contributed by atoms with van der Waals surface area (Å²) in [6, 6.07) is 10.4. The van der Waals surface area contributed by atoms with E-state index in [9.17, 15) is 5.11 Å². The van der Waals surface area contributed by atoms with Gasteiger partial charge in [0.05, 0.1) is 0 Å². The van der Waals surface area contributed by atoms with E-state index in [1.807, 2.05) is 18.2 Å². The third-order valence-corrected chi connectivity index (χ3v) is 4.21. The number of aliphatic hydroxyl groups excluding tert-OH is 1. The molecule has 106 valence electrons. The van der Waals surface area contributed by atoms with E-state index in [0.29, 0.717) is 18.4 Å². The topological polar surface area (TPSA) is 49.5 Å². The quantitative estimate of drug-likeness (QED) is 0.853. The molecular weight excluding hydrogens is 236 g/mol. The maximum Gasteiger partial charge on any atom is 0.0471 e. The Labute approximate surface area is 116 Å². The molecular formula is C16H26N2O. The van der Waals surface area contributed by atoms with Gasteiger partial charge in [0.25, 0.3) is 0 Å². The van der Waals surface area contributed by atoms with Crippen LogP contribution in [0.3, 0.4) is 0 Å². The molecule has 1 aliphatic heterocycles. The van der Waals surface area contributed by atoms with Crippen molar-refractivity contribution in [3.63, 3.8) is 0 Å². The molecule has 0 amide bonds. The highest BCUT2D eigenvalue weighted by Gasteiger charge is 2.23. The Balaban J connectivity index is 1.88. The second-order valence-corrected chi connectivity index (χ2v) is 5.86. The van der Waals surface area contributed by atoms with Crippen LogP contribution in [-0.2, 0) is 0 Å². The van der Waals surface area contributed by atoms with E-state index in [-0.39, 0.29) is 6.04 Å². The van der Waals surface area contributed by atoms with Crippen LogP contribution < -0.4 is 5.73 Å². The lowest BCUT2D eigenvalue weighted by molar-refractivity contribution is 0.106. The maximum absolute atomic E-state index is 9.28. The molecule has 1 aliphatic rings. The first-order valence-corrected chi connectivity index (χ1v) is 7.34. The SMILES string of the molecule is CC(CN1CCCC(CO)C1)C(N)c1ccccc1. The molecule has 0 saturated carbocycles. The molecule has 0 aliphatic carbocycles. The summed E-state index contributed by atoms with van der Waals surface area (Å²) in [7, 11) is 0. The minimum atomic E-state index is 0.0932. The molecule has 1 saturated heterocycles. The van der Waals surface area contributed by atoms with Crippen LogP contribution in [0.15, 0.2) is 30.3 Å². The van der Waals surface area contributed by atoms with Gasteiger partial charge >= 0.3 is 0 Å². The fraction of sp³-hybridized carbons (Fsp3) is 0.625. The first-order chi connectivity index (χ1) is 9.20. The molecule has 0 bridgehead atoms. The monoisotopic (exact) mass is 262 g/mol. The number of nitrogens with zero attached hydrogens (tertiary/aromatic N) is 1. The van der Waals surface area contributed by atoms with Crippen LogP contribution in [0.25, 0.3) is 0 Å². The van der Waals surface area contributed by atoms with Gasteiger partial charge in [0.2, 0.25) is 0 Å². The van der Waals surface area contributed by atoms with Crippen molar-refractivity contribution in [1.82, 2.24) is 4.90 Å². The fourth-order valence-electron chi connectivity index (χ4n) is 2.99. The lowest BCUT2D eigenvalue weighted by Gasteiger charge is -2.35. The summed E-state index contributed by atoms with van der Waals surface area (Å²) < 4.78 is 0. The Hall–Kier alpha value is -0.900. The first kappa shape index (κ1) is 14.5. The Kier molecular flexibility index (Phi) is 5.37. The van der Waals surface area contributed by atoms with Gasteiger partial charge in [0.15, 0.2) is 0 Å². The summed E-state index contributed by atoms with van der Waals surface area (Å²) in [5, 5.41) is 9.28. The highest BCUT2D eigenvalue weighted by Crippen LogP contribution is 2.23. The predicted molar refractivity (Wildman–Crippen MR) is 78.8 cm³/mol. The molecule has 19 heavy (non-hydrogen) atoms. The highest BCUT2D eigenvalue weighted by atomic mass is 16.3. The zero-order valence-electron chi connectivity index (χ0n) is 11.8. The summed E-state index contributed by atoms with van der Waals surface area (Å²) in [4.78, 5) is 2.46. The van der Waals surface area contributed by atoms with E-state index in [4.69, 9.17) is 5.73 Å². The normalized spacial score (nSPS) is 24.1. The lowest BCUT2D eigenvalue weighted by Crippen LogP contribution is -2.41. The Bertz CT molecular complexity index is 368. The zero-order chi connectivity index (χ0) is 13.7. The van der Waals surface area contributed by atoms with Crippen molar-refractivity contribution in [3.05, 3.63) is 35.9 Å². The van der Waals surface area contributed by atoms with Crippen LogP contribution in [0.1, 0.15) is 31.4 Å². The number of aliphatic hydroxyl groups is 1. The van der Waals surface area contributed by atoms with Gasteiger partial charge in [-0.05, 0) is 36.8 Å². The highest BCUT2D eigenvalue weighted by molar-refractivity contribution is 5.19. The van der Waals surface area contributed by atoms with Crippen molar-refractivity contribution in [1.29, 1.82) is 0 Å². The fourth-order valence-corrected chi connectivity index (χ4v) is 2.99. The molecule has 0 aromatic heterocycles. The molecule has 3 heteroatoms. The van der Waals surface area contributed by atoms with Crippen LogP contribution in [0.2, 0.25) is 0 Å². The minimum absolute atomic E-state index is 0.0932. The Morgan fingerprint density at radius 3 is 2.79 bits per heavy atom. The molecule has 3 atom stereocenters. The molecule has 1 heterocycles. The molecule has 1 fully saturated rings. The van der Waals surface area contributed by atoms with E-state index in [1.54, 1.807) is 0 Å². The van der Waals surface area contributed by atoms with Gasteiger partial charge in [-0.3, -0.25) is 0 Å². The standard InChI is InChI=1S/C16H26N2O/c1-13(16(17)15-7-3-2-4-8-15)10-18-9-5-6-14(11-18)12-19/h2-4,7-8,13-14,16,19H,5-6,9-12,17H2,1H3. The van der Waals surface area contributed by atoms with E-state index < -0.39 is 0 Å². The number of hydrogen-bond donors (Lipinski definition) is 2. The minimum Gasteiger partial charge on any atom is -0.396 e. The molecule has 1 aromatic rings. The average molecular weight is 262 g/mol. The lowest BCUT2D eigenvalue weighted by atomic mass is 9.93. The maximum atomic E-state index is 9.28. The second kappa shape index (κ2) is 7.04. The molecule has 0 spiro atoms. The summed E-state index contributed by atoms with van der Waals surface area (Å²) in [5.41, 5.74) is 7.56. The Morgan fingerprint density at radius 2 is 2.11 bits per heavy atom. The van der Waals surface area contributed by atoms with E-state index in [1.165, 1.54) is 12.0 Å². The Morgan fingerprint density at radius 1 is 1.37 bits per heavy atom. The molecule has 0 radical (unpaired) electrons. The summed E-state index contributed by atoms with van der Waals surface area (Å²) >= 11 is 0. The van der Waals surface area contributed by atoms with Crippen molar-refractivity contribution < 1.29 is 5.11 Å². The smallest absolute Gasteiger partial charge is 0.0471 e. The van der Waals surface area contributed by atoms with Gasteiger partial charge in [-0.2, -0.15) is 0 Å². The van der Waals surface area contributed by atoms with Gasteiger partial charge in [0, 0.05) is 25.7 Å². The number of nitrogens with two attached hydrogens (primary N) is 1. The molecule has 1 aromatic carbocycles. The van der Waals surface area contributed by atoms with Gasteiger partial charge in [-0.25, -0.2) is 0 Å². The second-order valence-electron chi connectivity index (χ2n) is 5.86. The van der Waals surface area contributed by atoms with Crippen LogP contribution in [0.5, 0.6) is 0 Å². The van der Waals surface area contributed by atoms with Crippen molar-refractivity contribution in [2.75, 3.05) is 26.2 Å². The van der Waals surface area contributed by atoms with Crippen LogP contribution in [-0.4, -0.2) is 36.2 Å². The van der Waals surface area contributed by atoms with E-state index in [0.717, 1.165) is 26.1 Å². The summed E-state index contributed by atoms with van der Waals surface area (Å²) in [5.74, 6) is 0.883. The predicted octanol–water partition coefficient (Wildman–Crippen LogP) is 2.03. The number of benzene rings is 1. The van der Waals surface area contributed by atoms with Gasteiger partial charge in [-0.1, -0.05) is 37.3 Å². The van der Waals surface area contributed by atoms with Gasteiger partial charge in [-0.15, -0.1) is 0 Å². The molecule has 3 nitrogen and oxygen atoms in total. The van der Waals surface area contributed by atoms with E-state index in [2.05, 4.69) is 24.0 Å². The van der Waals surface area contributed by atoms with Crippen LogP contribution >= 0.6 is 0 Å². The largest absolute Gasteiger partial charge is 0.396 e. The van der Waals surface area contributed by atoms with Crippen molar-refractivity contribution in [2.45, 2.75) is 25.8 Å². The molecule has 3 unspecified atom stereocenters. The third-order valence-electron chi connectivity index (χ3n) is 4.21. The molecule has 3 N–H and O–H groups in total.